The largest absolute Gasteiger partial charge is 0.491 e. The highest BCUT2D eigenvalue weighted by molar-refractivity contribution is 6.07. The lowest BCUT2D eigenvalue weighted by atomic mass is 9.85. The van der Waals surface area contributed by atoms with Crippen molar-refractivity contribution in [3.05, 3.63) is 107 Å². The first-order valence-corrected chi connectivity index (χ1v) is 12.3. The lowest BCUT2D eigenvalue weighted by molar-refractivity contribution is -0.153. The normalized spacial score (nSPS) is 21.7. The van der Waals surface area contributed by atoms with E-state index < -0.39 is 5.60 Å². The maximum absolute atomic E-state index is 14.0. The number of ether oxygens (including phenoxy) is 2. The molecular weight excluding hydrogens is 434 g/mol. The van der Waals surface area contributed by atoms with Gasteiger partial charge in [0.25, 0.3) is 5.91 Å². The average Bonchev–Trinajstić information content (AvgIpc) is 3.05. The van der Waals surface area contributed by atoms with E-state index >= 15 is 0 Å². The summed E-state index contributed by atoms with van der Waals surface area (Å²) in [4.78, 5) is 15.8. The number of rotatable bonds is 5. The Labute approximate surface area is 208 Å². The summed E-state index contributed by atoms with van der Waals surface area (Å²) in [7, 11) is 0. The van der Waals surface area contributed by atoms with Gasteiger partial charge in [0, 0.05) is 12.0 Å². The first kappa shape index (κ1) is 23.4. The molecule has 0 radical (unpaired) electrons. The monoisotopic (exact) mass is 467 g/mol. The van der Waals surface area contributed by atoms with Crippen molar-refractivity contribution in [2.45, 2.75) is 57.8 Å². The molecule has 2 heterocycles. The average molecular weight is 468 g/mol. The topological polar surface area (TPSA) is 38.8 Å². The number of fused-ring (bicyclic) bond motifs is 2. The van der Waals surface area contributed by atoms with E-state index in [2.05, 4.69) is 58.0 Å². The molecule has 2 aliphatic heterocycles. The number of carbonyl (C=O) groups excluding carboxylic acids is 1. The summed E-state index contributed by atoms with van der Waals surface area (Å²) in [5.74, 6) is 0.797. The van der Waals surface area contributed by atoms with Crippen LogP contribution in [0.2, 0.25) is 0 Å². The zero-order valence-corrected chi connectivity index (χ0v) is 21.0. The minimum absolute atomic E-state index is 0.00506. The molecule has 0 aromatic heterocycles. The summed E-state index contributed by atoms with van der Waals surface area (Å²) in [5, 5.41) is 0. The maximum Gasteiger partial charge on any atom is 0.264 e. The minimum Gasteiger partial charge on any atom is -0.491 e. The Kier molecular flexibility index (Phi) is 6.02. The second-order valence-electron chi connectivity index (χ2n) is 10.7. The van der Waals surface area contributed by atoms with E-state index in [-0.39, 0.29) is 17.4 Å². The molecule has 0 aliphatic carbocycles. The van der Waals surface area contributed by atoms with E-state index in [0.717, 1.165) is 28.1 Å². The van der Waals surface area contributed by atoms with Crippen LogP contribution in [0.1, 0.15) is 50.8 Å². The van der Waals surface area contributed by atoms with Gasteiger partial charge in [0.1, 0.15) is 18.5 Å². The molecule has 0 fully saturated rings. The molecule has 0 bridgehead atoms. The summed E-state index contributed by atoms with van der Waals surface area (Å²) < 4.78 is 12.7. The molecule has 4 heteroatoms. The van der Waals surface area contributed by atoms with Gasteiger partial charge in [-0.3, -0.25) is 4.79 Å². The molecule has 3 aromatic carbocycles. The van der Waals surface area contributed by atoms with Crippen LogP contribution in [-0.4, -0.2) is 18.6 Å². The Balaban J connectivity index is 1.38. The maximum atomic E-state index is 14.0. The van der Waals surface area contributed by atoms with E-state index in [9.17, 15) is 4.79 Å². The number of hydrogen-bond acceptors (Lipinski definition) is 3. The SMILES string of the molecule is CC1=C[C@@H](COc2ccc(C(C)(C)C)cc2)O[C@@]2(C1)C(=O)N(Cc1ccccc1)c1ccccc12. The molecular formula is C31H33NO3. The Morgan fingerprint density at radius 1 is 0.971 bits per heavy atom. The van der Waals surface area contributed by atoms with Crippen molar-refractivity contribution in [3.8, 4) is 5.75 Å². The fraction of sp³-hybridized carbons (Fsp3) is 0.323. The van der Waals surface area contributed by atoms with Crippen LogP contribution >= 0.6 is 0 Å². The quantitative estimate of drug-likeness (QED) is 0.400. The van der Waals surface area contributed by atoms with Crippen LogP contribution < -0.4 is 9.64 Å². The van der Waals surface area contributed by atoms with Crippen LogP contribution in [-0.2, 0) is 27.1 Å². The number of amides is 1. The van der Waals surface area contributed by atoms with Crippen molar-refractivity contribution < 1.29 is 14.3 Å². The van der Waals surface area contributed by atoms with Crippen LogP contribution in [0.5, 0.6) is 5.75 Å². The third kappa shape index (κ3) is 4.51. The van der Waals surface area contributed by atoms with Crippen LogP contribution in [0.15, 0.2) is 90.5 Å². The van der Waals surface area contributed by atoms with Crippen LogP contribution in [0.25, 0.3) is 0 Å². The van der Waals surface area contributed by atoms with E-state index in [1.54, 1.807) is 0 Å². The van der Waals surface area contributed by atoms with E-state index in [4.69, 9.17) is 9.47 Å². The fourth-order valence-electron chi connectivity index (χ4n) is 5.12. The van der Waals surface area contributed by atoms with Gasteiger partial charge in [0.2, 0.25) is 0 Å². The number of benzene rings is 3. The van der Waals surface area contributed by atoms with Crippen molar-refractivity contribution in [3.63, 3.8) is 0 Å². The Morgan fingerprint density at radius 2 is 1.66 bits per heavy atom. The Morgan fingerprint density at radius 3 is 2.37 bits per heavy atom. The highest BCUT2D eigenvalue weighted by atomic mass is 16.6. The number of hydrogen-bond donors (Lipinski definition) is 0. The van der Waals surface area contributed by atoms with Crippen LogP contribution in [0.3, 0.4) is 0 Å². The van der Waals surface area contributed by atoms with Gasteiger partial charge in [0.15, 0.2) is 5.60 Å². The second-order valence-corrected chi connectivity index (χ2v) is 10.7. The molecule has 5 rings (SSSR count). The predicted octanol–water partition coefficient (Wildman–Crippen LogP) is 6.54. The molecule has 2 aliphatic rings. The summed E-state index contributed by atoms with van der Waals surface area (Å²) in [6, 6.07) is 26.3. The highest BCUT2D eigenvalue weighted by Gasteiger charge is 2.54. The van der Waals surface area contributed by atoms with Gasteiger partial charge >= 0.3 is 0 Å². The summed E-state index contributed by atoms with van der Waals surface area (Å²) in [6.07, 6.45) is 2.31. The highest BCUT2D eigenvalue weighted by Crippen LogP contribution is 2.49. The summed E-state index contributed by atoms with van der Waals surface area (Å²) in [6.45, 7) is 9.54. The number of para-hydroxylation sites is 1. The second kappa shape index (κ2) is 9.01. The van der Waals surface area contributed by atoms with Gasteiger partial charge in [-0.25, -0.2) is 0 Å². The molecule has 0 unspecified atom stereocenters. The van der Waals surface area contributed by atoms with Gasteiger partial charge in [-0.05, 0) is 41.7 Å². The Bertz CT molecular complexity index is 1240. The molecule has 2 atom stereocenters. The predicted molar refractivity (Wildman–Crippen MR) is 140 cm³/mol. The van der Waals surface area contributed by atoms with Gasteiger partial charge < -0.3 is 14.4 Å². The van der Waals surface area contributed by atoms with Gasteiger partial charge in [0.05, 0.1) is 12.2 Å². The van der Waals surface area contributed by atoms with E-state index in [0.29, 0.717) is 19.6 Å². The van der Waals surface area contributed by atoms with Crippen molar-refractivity contribution in [2.75, 3.05) is 11.5 Å². The summed E-state index contributed by atoms with van der Waals surface area (Å²) in [5.41, 5.74) is 4.43. The Hall–Kier alpha value is -3.37. The smallest absolute Gasteiger partial charge is 0.264 e. The van der Waals surface area contributed by atoms with Crippen molar-refractivity contribution >= 4 is 11.6 Å². The molecule has 0 saturated carbocycles. The molecule has 4 nitrogen and oxygen atoms in total. The number of anilines is 1. The van der Waals surface area contributed by atoms with E-state index in [1.807, 2.05) is 59.5 Å². The molecule has 1 spiro atoms. The number of nitrogens with zero attached hydrogens (tertiary/aromatic N) is 1. The van der Waals surface area contributed by atoms with Gasteiger partial charge in [-0.15, -0.1) is 0 Å². The fourth-order valence-corrected chi connectivity index (χ4v) is 5.12. The zero-order valence-electron chi connectivity index (χ0n) is 21.0. The first-order valence-electron chi connectivity index (χ1n) is 12.3. The zero-order chi connectivity index (χ0) is 24.6. The van der Waals surface area contributed by atoms with Crippen molar-refractivity contribution in [2.24, 2.45) is 0 Å². The van der Waals surface area contributed by atoms with Gasteiger partial charge in [-0.2, -0.15) is 0 Å². The van der Waals surface area contributed by atoms with Crippen molar-refractivity contribution in [1.82, 2.24) is 0 Å². The van der Waals surface area contributed by atoms with E-state index in [1.165, 1.54) is 5.56 Å². The third-order valence-corrected chi connectivity index (χ3v) is 6.89. The molecule has 3 aromatic rings. The van der Waals surface area contributed by atoms with Crippen LogP contribution in [0.4, 0.5) is 5.69 Å². The molecule has 35 heavy (non-hydrogen) atoms. The summed E-state index contributed by atoms with van der Waals surface area (Å²) >= 11 is 0. The molecule has 0 saturated heterocycles. The van der Waals surface area contributed by atoms with Crippen LogP contribution in [0, 0.1) is 0 Å². The lowest BCUT2D eigenvalue weighted by Gasteiger charge is -2.36. The standard InChI is InChI=1S/C31H33NO3/c1-22-18-26(21-34-25-16-14-24(15-17-25)30(2,3)4)35-31(19-22)27-12-8-9-13-28(27)32(29(31)33)20-23-10-6-5-7-11-23/h5-18,26H,19-21H2,1-4H3/t26-,31+/m0/s1. The lowest BCUT2D eigenvalue weighted by Crippen LogP contribution is -2.47. The molecule has 0 N–H and O–H groups in total. The van der Waals surface area contributed by atoms with Crippen molar-refractivity contribution in [1.29, 1.82) is 0 Å². The molecule has 180 valence electrons. The molecule has 1 amide bonds. The minimum atomic E-state index is -1.02. The first-order chi connectivity index (χ1) is 16.8. The third-order valence-electron chi connectivity index (χ3n) is 6.89. The van der Waals surface area contributed by atoms with Gasteiger partial charge in [-0.1, -0.05) is 93.1 Å². The number of carbonyl (C=O) groups is 1.